The molecule has 0 atom stereocenters. The Morgan fingerprint density at radius 2 is 1.83 bits per heavy atom. The molecule has 3 rings (SSSR count). The monoisotopic (exact) mass is 339 g/mol. The largest absolute Gasteiger partial charge is 0.338 e. The van der Waals surface area contributed by atoms with Crippen molar-refractivity contribution in [3.63, 3.8) is 0 Å². The van der Waals surface area contributed by atoms with E-state index in [1.807, 2.05) is 12.1 Å². The van der Waals surface area contributed by atoms with E-state index in [-0.39, 0.29) is 0 Å². The number of nitrogens with one attached hydrogen (secondary N) is 2. The second-order valence-corrected chi connectivity index (χ2v) is 5.82. The van der Waals surface area contributed by atoms with Crippen LogP contribution < -0.4 is 10.6 Å². The van der Waals surface area contributed by atoms with Crippen molar-refractivity contribution in [2.45, 2.75) is 20.3 Å². The van der Waals surface area contributed by atoms with Gasteiger partial charge in [0.1, 0.15) is 0 Å². The highest BCUT2D eigenvalue weighted by molar-refractivity contribution is 6.30. The standard InChI is InChI=1S/C18H18ClN5/c1-3-13-6-4-5-12(2)17(13)22-16-11-20-24-18(23-16)21-15-9-7-14(19)8-10-15/h4-11H,3H2,1-2H3,(H2,21,22,23,24). The lowest BCUT2D eigenvalue weighted by molar-refractivity contribution is 0.981. The quantitative estimate of drug-likeness (QED) is 0.693. The van der Waals surface area contributed by atoms with E-state index in [1.165, 1.54) is 11.1 Å². The van der Waals surface area contributed by atoms with Crippen molar-refractivity contribution in [1.82, 2.24) is 15.2 Å². The molecule has 0 bridgehead atoms. The average molecular weight is 340 g/mol. The fraction of sp³-hybridized carbons (Fsp3) is 0.167. The first kappa shape index (κ1) is 16.2. The van der Waals surface area contributed by atoms with Gasteiger partial charge in [0.2, 0.25) is 5.95 Å². The van der Waals surface area contributed by atoms with Crippen LogP contribution in [0.3, 0.4) is 0 Å². The van der Waals surface area contributed by atoms with Gasteiger partial charge in [0, 0.05) is 16.4 Å². The number of rotatable bonds is 5. The Morgan fingerprint density at radius 3 is 2.58 bits per heavy atom. The van der Waals surface area contributed by atoms with E-state index in [2.05, 4.69) is 57.9 Å². The summed E-state index contributed by atoms with van der Waals surface area (Å²) >= 11 is 5.89. The zero-order valence-corrected chi connectivity index (χ0v) is 14.3. The predicted octanol–water partition coefficient (Wildman–Crippen LogP) is 4.88. The van der Waals surface area contributed by atoms with Crippen LogP contribution in [0.1, 0.15) is 18.1 Å². The third-order valence-electron chi connectivity index (χ3n) is 3.65. The molecule has 0 radical (unpaired) electrons. The smallest absolute Gasteiger partial charge is 0.249 e. The summed E-state index contributed by atoms with van der Waals surface area (Å²) in [5, 5.41) is 15.2. The summed E-state index contributed by atoms with van der Waals surface area (Å²) in [5.74, 6) is 1.07. The summed E-state index contributed by atoms with van der Waals surface area (Å²) in [4.78, 5) is 4.47. The van der Waals surface area contributed by atoms with Gasteiger partial charge >= 0.3 is 0 Å². The number of benzene rings is 2. The van der Waals surface area contributed by atoms with E-state index in [0.29, 0.717) is 16.8 Å². The molecule has 1 heterocycles. The zero-order valence-electron chi connectivity index (χ0n) is 13.5. The molecule has 0 aliphatic heterocycles. The Bertz CT molecular complexity index is 833. The van der Waals surface area contributed by atoms with Gasteiger partial charge in [-0.2, -0.15) is 10.1 Å². The fourth-order valence-electron chi connectivity index (χ4n) is 2.41. The lowest BCUT2D eigenvalue weighted by atomic mass is 10.1. The van der Waals surface area contributed by atoms with Crippen LogP contribution in [0, 0.1) is 6.92 Å². The number of hydrogen-bond acceptors (Lipinski definition) is 5. The maximum atomic E-state index is 5.89. The molecule has 3 aromatic rings. The van der Waals surface area contributed by atoms with E-state index < -0.39 is 0 Å². The van der Waals surface area contributed by atoms with E-state index in [4.69, 9.17) is 11.6 Å². The topological polar surface area (TPSA) is 62.7 Å². The Kier molecular flexibility index (Phi) is 4.91. The average Bonchev–Trinajstić information content (AvgIpc) is 2.59. The third-order valence-corrected chi connectivity index (χ3v) is 3.90. The molecule has 0 aliphatic rings. The van der Waals surface area contributed by atoms with Gasteiger partial charge < -0.3 is 10.6 Å². The van der Waals surface area contributed by atoms with Gasteiger partial charge in [-0.25, -0.2) is 0 Å². The molecule has 0 unspecified atom stereocenters. The molecule has 0 fully saturated rings. The number of aryl methyl sites for hydroxylation is 2. The predicted molar refractivity (Wildman–Crippen MR) is 98.4 cm³/mol. The summed E-state index contributed by atoms with van der Waals surface area (Å²) in [6.45, 7) is 4.20. The van der Waals surface area contributed by atoms with Crippen molar-refractivity contribution < 1.29 is 0 Å². The number of nitrogens with zero attached hydrogens (tertiary/aromatic N) is 3. The van der Waals surface area contributed by atoms with Crippen molar-refractivity contribution >= 4 is 34.7 Å². The first-order chi connectivity index (χ1) is 11.7. The summed E-state index contributed by atoms with van der Waals surface area (Å²) in [5.41, 5.74) is 4.32. The van der Waals surface area contributed by atoms with E-state index >= 15 is 0 Å². The van der Waals surface area contributed by atoms with Crippen LogP contribution in [0.25, 0.3) is 0 Å². The minimum absolute atomic E-state index is 0.425. The Labute approximate surface area is 146 Å². The highest BCUT2D eigenvalue weighted by Crippen LogP contribution is 2.25. The second-order valence-electron chi connectivity index (χ2n) is 5.38. The molecule has 6 heteroatoms. The van der Waals surface area contributed by atoms with Crippen molar-refractivity contribution in [3.05, 3.63) is 64.8 Å². The molecule has 0 spiro atoms. The molecule has 0 aliphatic carbocycles. The van der Waals surface area contributed by atoms with Gasteiger partial charge in [-0.3, -0.25) is 0 Å². The lowest BCUT2D eigenvalue weighted by Crippen LogP contribution is -2.04. The number of hydrogen-bond donors (Lipinski definition) is 2. The van der Waals surface area contributed by atoms with Crippen LogP contribution in [0.15, 0.2) is 48.7 Å². The third kappa shape index (κ3) is 3.81. The molecule has 24 heavy (non-hydrogen) atoms. The number of para-hydroxylation sites is 1. The van der Waals surface area contributed by atoms with Gasteiger partial charge in [0.15, 0.2) is 5.82 Å². The normalized spacial score (nSPS) is 10.5. The minimum Gasteiger partial charge on any atom is -0.338 e. The number of anilines is 4. The minimum atomic E-state index is 0.425. The van der Waals surface area contributed by atoms with Crippen molar-refractivity contribution in [1.29, 1.82) is 0 Å². The molecule has 2 N–H and O–H groups in total. The van der Waals surface area contributed by atoms with Crippen LogP contribution in [0.2, 0.25) is 5.02 Å². The summed E-state index contributed by atoms with van der Waals surface area (Å²) in [6, 6.07) is 13.6. The summed E-state index contributed by atoms with van der Waals surface area (Å²) in [6.07, 6.45) is 2.55. The van der Waals surface area contributed by atoms with Gasteiger partial charge in [0.25, 0.3) is 0 Å². The Hall–Kier alpha value is -2.66. The van der Waals surface area contributed by atoms with Gasteiger partial charge in [-0.15, -0.1) is 5.10 Å². The molecule has 2 aromatic carbocycles. The van der Waals surface area contributed by atoms with Gasteiger partial charge in [0.05, 0.1) is 6.20 Å². The molecular weight excluding hydrogens is 322 g/mol. The Balaban J connectivity index is 1.82. The molecule has 0 saturated heterocycles. The van der Waals surface area contributed by atoms with Crippen LogP contribution in [0.4, 0.5) is 23.1 Å². The van der Waals surface area contributed by atoms with Crippen LogP contribution in [-0.4, -0.2) is 15.2 Å². The SMILES string of the molecule is CCc1cccc(C)c1Nc1cnnc(Nc2ccc(Cl)cc2)n1. The molecule has 5 nitrogen and oxygen atoms in total. The molecule has 0 amide bonds. The van der Waals surface area contributed by atoms with Gasteiger partial charge in [-0.1, -0.05) is 36.7 Å². The highest BCUT2D eigenvalue weighted by Gasteiger charge is 2.07. The van der Waals surface area contributed by atoms with Crippen LogP contribution in [0.5, 0.6) is 0 Å². The van der Waals surface area contributed by atoms with Crippen LogP contribution >= 0.6 is 11.6 Å². The number of halogens is 1. The van der Waals surface area contributed by atoms with Crippen molar-refractivity contribution in [2.75, 3.05) is 10.6 Å². The zero-order chi connectivity index (χ0) is 16.9. The van der Waals surface area contributed by atoms with Crippen molar-refractivity contribution in [3.8, 4) is 0 Å². The Morgan fingerprint density at radius 1 is 1.04 bits per heavy atom. The van der Waals surface area contributed by atoms with Gasteiger partial charge in [-0.05, 0) is 48.7 Å². The second kappa shape index (κ2) is 7.27. The van der Waals surface area contributed by atoms with Crippen molar-refractivity contribution in [2.24, 2.45) is 0 Å². The highest BCUT2D eigenvalue weighted by atomic mass is 35.5. The number of aromatic nitrogens is 3. The van der Waals surface area contributed by atoms with E-state index in [9.17, 15) is 0 Å². The molecular formula is C18H18ClN5. The molecule has 0 saturated carbocycles. The molecule has 1 aromatic heterocycles. The maximum Gasteiger partial charge on any atom is 0.249 e. The van der Waals surface area contributed by atoms with E-state index in [1.54, 1.807) is 18.3 Å². The maximum absolute atomic E-state index is 5.89. The summed E-state index contributed by atoms with van der Waals surface area (Å²) in [7, 11) is 0. The fourth-order valence-corrected chi connectivity index (χ4v) is 2.54. The first-order valence-electron chi connectivity index (χ1n) is 7.73. The lowest BCUT2D eigenvalue weighted by Gasteiger charge is -2.13. The molecule has 122 valence electrons. The summed E-state index contributed by atoms with van der Waals surface area (Å²) < 4.78 is 0. The first-order valence-corrected chi connectivity index (χ1v) is 8.11. The van der Waals surface area contributed by atoms with Crippen LogP contribution in [-0.2, 0) is 6.42 Å². The van der Waals surface area contributed by atoms with E-state index in [0.717, 1.165) is 17.8 Å².